The zero-order valence-corrected chi connectivity index (χ0v) is 8.96. The summed E-state index contributed by atoms with van der Waals surface area (Å²) in [7, 11) is 0. The van der Waals surface area contributed by atoms with Gasteiger partial charge in [0.1, 0.15) is 0 Å². The van der Waals surface area contributed by atoms with Gasteiger partial charge in [-0.15, -0.1) is 0 Å². The number of aryl methyl sites for hydroxylation is 1. The molecule has 0 saturated heterocycles. The Bertz CT molecular complexity index is 311. The van der Waals surface area contributed by atoms with E-state index in [4.69, 9.17) is 0 Å². The van der Waals surface area contributed by atoms with E-state index in [-0.39, 0.29) is 5.41 Å². The Balaban J connectivity index is 2.25. The summed E-state index contributed by atoms with van der Waals surface area (Å²) in [4.78, 5) is 0. The van der Waals surface area contributed by atoms with Gasteiger partial charge in [-0.2, -0.15) is 0 Å². The second kappa shape index (κ2) is 3.39. The molecule has 1 aromatic rings. The molecule has 1 N–H and O–H groups in total. The summed E-state index contributed by atoms with van der Waals surface area (Å²) < 4.78 is 0. The molecule has 0 spiro atoms. The second-order valence-corrected chi connectivity index (χ2v) is 4.47. The molecule has 2 unspecified atom stereocenters. The minimum atomic E-state index is 0.0896. The summed E-state index contributed by atoms with van der Waals surface area (Å²) in [5, 5.41) is 9.41. The van der Waals surface area contributed by atoms with Crippen LogP contribution in [0.4, 0.5) is 0 Å². The highest BCUT2D eigenvalue weighted by Crippen LogP contribution is 2.53. The van der Waals surface area contributed by atoms with Crippen molar-refractivity contribution in [2.45, 2.75) is 32.1 Å². The standard InChI is InChI=1S/C13H18O/c1-3-11-4-6-12(7-5-11)13(9-14)8-10(13)2/h4-7,10,14H,3,8-9H2,1-2H3. The third-order valence-corrected chi connectivity index (χ3v) is 3.67. The zero-order chi connectivity index (χ0) is 10.2. The first-order valence-electron chi connectivity index (χ1n) is 5.43. The SMILES string of the molecule is CCc1ccc(C2(CO)CC2C)cc1. The average Bonchev–Trinajstić information content (AvgIpc) is 2.91. The number of aliphatic hydroxyl groups is 1. The Kier molecular flexibility index (Phi) is 2.36. The average molecular weight is 190 g/mol. The number of aliphatic hydroxyl groups excluding tert-OH is 1. The summed E-state index contributed by atoms with van der Waals surface area (Å²) in [6, 6.07) is 8.71. The Morgan fingerprint density at radius 1 is 1.36 bits per heavy atom. The highest BCUT2D eigenvalue weighted by atomic mass is 16.3. The fourth-order valence-corrected chi connectivity index (χ4v) is 2.27. The monoisotopic (exact) mass is 190 g/mol. The molecule has 1 aliphatic carbocycles. The molecule has 0 radical (unpaired) electrons. The summed E-state index contributed by atoms with van der Waals surface area (Å²) in [5.74, 6) is 0.639. The van der Waals surface area contributed by atoms with Gasteiger partial charge in [-0.25, -0.2) is 0 Å². The van der Waals surface area contributed by atoms with Crippen molar-refractivity contribution in [1.29, 1.82) is 0 Å². The Hall–Kier alpha value is -0.820. The molecule has 0 bridgehead atoms. The van der Waals surface area contributed by atoms with Crippen LogP contribution in [0.1, 0.15) is 31.4 Å². The highest BCUT2D eigenvalue weighted by molar-refractivity contribution is 5.35. The van der Waals surface area contributed by atoms with Crippen molar-refractivity contribution in [2.75, 3.05) is 6.61 Å². The van der Waals surface area contributed by atoms with Gasteiger partial charge in [-0.1, -0.05) is 38.1 Å². The molecule has 1 heteroatoms. The van der Waals surface area contributed by atoms with E-state index in [0.717, 1.165) is 12.8 Å². The maximum Gasteiger partial charge on any atom is 0.0530 e. The number of hydrogen-bond donors (Lipinski definition) is 1. The van der Waals surface area contributed by atoms with Crippen LogP contribution >= 0.6 is 0 Å². The quantitative estimate of drug-likeness (QED) is 0.776. The van der Waals surface area contributed by atoms with Crippen LogP contribution < -0.4 is 0 Å². The van der Waals surface area contributed by atoms with Gasteiger partial charge < -0.3 is 5.11 Å². The van der Waals surface area contributed by atoms with Crippen LogP contribution in [0.3, 0.4) is 0 Å². The lowest BCUT2D eigenvalue weighted by atomic mass is 9.93. The van der Waals surface area contributed by atoms with Gasteiger partial charge in [0.2, 0.25) is 0 Å². The van der Waals surface area contributed by atoms with E-state index in [0.29, 0.717) is 12.5 Å². The van der Waals surface area contributed by atoms with E-state index in [1.54, 1.807) is 0 Å². The van der Waals surface area contributed by atoms with E-state index in [9.17, 15) is 5.11 Å². The molecule has 1 fully saturated rings. The van der Waals surface area contributed by atoms with E-state index in [1.807, 2.05) is 0 Å². The molecular weight excluding hydrogens is 172 g/mol. The molecule has 2 atom stereocenters. The largest absolute Gasteiger partial charge is 0.395 e. The van der Waals surface area contributed by atoms with Crippen LogP contribution in [0.5, 0.6) is 0 Å². The lowest BCUT2D eigenvalue weighted by molar-refractivity contribution is 0.247. The predicted octanol–water partition coefficient (Wildman–Crippen LogP) is 2.52. The van der Waals surface area contributed by atoms with Crippen molar-refractivity contribution in [2.24, 2.45) is 5.92 Å². The van der Waals surface area contributed by atoms with Crippen molar-refractivity contribution in [3.8, 4) is 0 Å². The normalized spacial score (nSPS) is 30.4. The molecule has 0 aliphatic heterocycles. The molecule has 0 amide bonds. The van der Waals surface area contributed by atoms with Gasteiger partial charge in [0.05, 0.1) is 6.61 Å². The Labute approximate surface area is 85.8 Å². The fraction of sp³-hybridized carbons (Fsp3) is 0.538. The van der Waals surface area contributed by atoms with Gasteiger partial charge in [0, 0.05) is 5.41 Å². The van der Waals surface area contributed by atoms with Crippen LogP contribution in [0.2, 0.25) is 0 Å². The number of rotatable bonds is 3. The summed E-state index contributed by atoms with van der Waals surface area (Å²) in [5.41, 5.74) is 2.77. The number of benzene rings is 1. The maximum absolute atomic E-state index is 9.41. The Morgan fingerprint density at radius 3 is 2.29 bits per heavy atom. The van der Waals surface area contributed by atoms with E-state index < -0.39 is 0 Å². The predicted molar refractivity (Wildman–Crippen MR) is 58.4 cm³/mol. The van der Waals surface area contributed by atoms with Gasteiger partial charge >= 0.3 is 0 Å². The first kappa shape index (κ1) is 9.72. The topological polar surface area (TPSA) is 20.2 Å². The smallest absolute Gasteiger partial charge is 0.0530 e. The first-order valence-corrected chi connectivity index (χ1v) is 5.43. The van der Waals surface area contributed by atoms with Crippen molar-refractivity contribution < 1.29 is 5.11 Å². The van der Waals surface area contributed by atoms with Crippen molar-refractivity contribution in [3.63, 3.8) is 0 Å². The molecular formula is C13H18O. The number of hydrogen-bond acceptors (Lipinski definition) is 1. The van der Waals surface area contributed by atoms with Crippen LogP contribution in [-0.4, -0.2) is 11.7 Å². The van der Waals surface area contributed by atoms with Crippen molar-refractivity contribution in [3.05, 3.63) is 35.4 Å². The third-order valence-electron chi connectivity index (χ3n) is 3.67. The van der Waals surface area contributed by atoms with Crippen molar-refractivity contribution >= 4 is 0 Å². The fourth-order valence-electron chi connectivity index (χ4n) is 2.27. The van der Waals surface area contributed by atoms with Crippen molar-refractivity contribution in [1.82, 2.24) is 0 Å². The van der Waals surface area contributed by atoms with E-state index in [2.05, 4.69) is 38.1 Å². The van der Waals surface area contributed by atoms with Crippen LogP contribution in [0, 0.1) is 5.92 Å². The van der Waals surface area contributed by atoms with E-state index >= 15 is 0 Å². The minimum absolute atomic E-state index is 0.0896. The lowest BCUT2D eigenvalue weighted by Crippen LogP contribution is -2.14. The zero-order valence-electron chi connectivity index (χ0n) is 8.96. The third kappa shape index (κ3) is 1.36. The lowest BCUT2D eigenvalue weighted by Gasteiger charge is -2.14. The first-order chi connectivity index (χ1) is 6.73. The van der Waals surface area contributed by atoms with Crippen LogP contribution in [-0.2, 0) is 11.8 Å². The molecule has 2 rings (SSSR count). The Morgan fingerprint density at radius 2 is 1.93 bits per heavy atom. The second-order valence-electron chi connectivity index (χ2n) is 4.47. The highest BCUT2D eigenvalue weighted by Gasteiger charge is 2.51. The van der Waals surface area contributed by atoms with Gasteiger partial charge in [-0.05, 0) is 29.9 Å². The van der Waals surface area contributed by atoms with Crippen LogP contribution in [0.15, 0.2) is 24.3 Å². The van der Waals surface area contributed by atoms with Crippen LogP contribution in [0.25, 0.3) is 0 Å². The molecule has 1 saturated carbocycles. The summed E-state index contributed by atoms with van der Waals surface area (Å²) >= 11 is 0. The van der Waals surface area contributed by atoms with Gasteiger partial charge in [0.25, 0.3) is 0 Å². The summed E-state index contributed by atoms with van der Waals surface area (Å²) in [6.45, 7) is 4.67. The van der Waals surface area contributed by atoms with E-state index in [1.165, 1.54) is 11.1 Å². The molecule has 76 valence electrons. The molecule has 1 nitrogen and oxygen atoms in total. The minimum Gasteiger partial charge on any atom is -0.395 e. The summed E-state index contributed by atoms with van der Waals surface area (Å²) in [6.07, 6.45) is 2.22. The molecule has 14 heavy (non-hydrogen) atoms. The molecule has 1 aliphatic rings. The molecule has 0 aromatic heterocycles. The maximum atomic E-state index is 9.41. The van der Waals surface area contributed by atoms with Gasteiger partial charge in [0.15, 0.2) is 0 Å². The van der Waals surface area contributed by atoms with Gasteiger partial charge in [-0.3, -0.25) is 0 Å². The molecule has 1 aromatic carbocycles. The molecule has 0 heterocycles.